The van der Waals surface area contributed by atoms with Crippen LogP contribution in [-0.4, -0.2) is 41.6 Å². The predicted molar refractivity (Wildman–Crippen MR) is 63.7 cm³/mol. The molecule has 2 fully saturated rings. The Labute approximate surface area is 91.6 Å². The van der Waals surface area contributed by atoms with Crippen LogP contribution < -0.4 is 5.73 Å². The molecule has 2 aliphatic rings. The van der Waals surface area contributed by atoms with Crippen molar-refractivity contribution in [1.29, 1.82) is 0 Å². The van der Waals surface area contributed by atoms with E-state index in [1.54, 1.807) is 0 Å². The molecular formula is C11H22N2S. The van der Waals surface area contributed by atoms with Crippen LogP contribution in [0.15, 0.2) is 0 Å². The SMILES string of the molecule is CCC1CN(C(CN)C2CC2)CCS1. The van der Waals surface area contributed by atoms with Crippen LogP contribution in [0.25, 0.3) is 0 Å². The van der Waals surface area contributed by atoms with Crippen LogP contribution in [0.1, 0.15) is 26.2 Å². The fraction of sp³-hybridized carbons (Fsp3) is 1.00. The van der Waals surface area contributed by atoms with Gasteiger partial charge in [-0.05, 0) is 25.2 Å². The lowest BCUT2D eigenvalue weighted by molar-refractivity contribution is 0.186. The van der Waals surface area contributed by atoms with Crippen molar-refractivity contribution in [2.75, 3.05) is 25.4 Å². The van der Waals surface area contributed by atoms with Crippen LogP contribution in [0.5, 0.6) is 0 Å². The molecule has 0 spiro atoms. The lowest BCUT2D eigenvalue weighted by Gasteiger charge is -2.37. The van der Waals surface area contributed by atoms with Gasteiger partial charge in [-0.3, -0.25) is 4.90 Å². The third-order valence-electron chi connectivity index (χ3n) is 3.50. The Hall–Kier alpha value is 0.270. The summed E-state index contributed by atoms with van der Waals surface area (Å²) >= 11 is 2.14. The number of hydrogen-bond acceptors (Lipinski definition) is 3. The summed E-state index contributed by atoms with van der Waals surface area (Å²) in [6, 6.07) is 0.699. The first-order valence-electron chi connectivity index (χ1n) is 5.90. The zero-order valence-corrected chi connectivity index (χ0v) is 9.93. The largest absolute Gasteiger partial charge is 0.329 e. The maximum Gasteiger partial charge on any atom is 0.0247 e. The third-order valence-corrected chi connectivity index (χ3v) is 4.87. The first-order valence-corrected chi connectivity index (χ1v) is 6.95. The van der Waals surface area contributed by atoms with Gasteiger partial charge in [0.05, 0.1) is 0 Å². The lowest BCUT2D eigenvalue weighted by atomic mass is 10.1. The lowest BCUT2D eigenvalue weighted by Crippen LogP contribution is -2.48. The molecule has 1 saturated carbocycles. The molecule has 0 radical (unpaired) electrons. The van der Waals surface area contributed by atoms with Gasteiger partial charge in [0.2, 0.25) is 0 Å². The van der Waals surface area contributed by atoms with E-state index in [0.29, 0.717) is 6.04 Å². The summed E-state index contributed by atoms with van der Waals surface area (Å²) in [7, 11) is 0. The first kappa shape index (κ1) is 10.8. The monoisotopic (exact) mass is 214 g/mol. The molecular weight excluding hydrogens is 192 g/mol. The minimum atomic E-state index is 0.699. The van der Waals surface area contributed by atoms with Crippen LogP contribution in [0.4, 0.5) is 0 Å². The van der Waals surface area contributed by atoms with E-state index in [1.165, 1.54) is 38.1 Å². The van der Waals surface area contributed by atoms with Crippen molar-refractivity contribution in [2.24, 2.45) is 11.7 Å². The molecule has 1 heterocycles. The smallest absolute Gasteiger partial charge is 0.0247 e. The highest BCUT2D eigenvalue weighted by molar-refractivity contribution is 8.00. The Morgan fingerprint density at radius 3 is 2.86 bits per heavy atom. The molecule has 2 N–H and O–H groups in total. The molecule has 0 bridgehead atoms. The topological polar surface area (TPSA) is 29.3 Å². The summed E-state index contributed by atoms with van der Waals surface area (Å²) in [4.78, 5) is 2.66. The molecule has 0 aromatic heterocycles. The van der Waals surface area contributed by atoms with Gasteiger partial charge in [0.1, 0.15) is 0 Å². The number of hydrogen-bond donors (Lipinski definition) is 1. The fourth-order valence-electron chi connectivity index (χ4n) is 2.41. The van der Waals surface area contributed by atoms with E-state index in [-0.39, 0.29) is 0 Å². The molecule has 1 saturated heterocycles. The average Bonchev–Trinajstić information content (AvgIpc) is 3.04. The van der Waals surface area contributed by atoms with Crippen LogP contribution >= 0.6 is 11.8 Å². The van der Waals surface area contributed by atoms with Gasteiger partial charge in [0, 0.05) is 36.7 Å². The van der Waals surface area contributed by atoms with Crippen LogP contribution in [-0.2, 0) is 0 Å². The van der Waals surface area contributed by atoms with Crippen molar-refractivity contribution in [3.63, 3.8) is 0 Å². The second kappa shape index (κ2) is 4.86. The van der Waals surface area contributed by atoms with Crippen molar-refractivity contribution < 1.29 is 0 Å². The van der Waals surface area contributed by atoms with Crippen molar-refractivity contribution >= 4 is 11.8 Å². The number of nitrogens with zero attached hydrogens (tertiary/aromatic N) is 1. The zero-order chi connectivity index (χ0) is 9.97. The summed E-state index contributed by atoms with van der Waals surface area (Å²) in [5, 5.41) is 0.858. The molecule has 3 heteroatoms. The van der Waals surface area contributed by atoms with Gasteiger partial charge in [0.25, 0.3) is 0 Å². The molecule has 0 aromatic carbocycles. The van der Waals surface area contributed by atoms with E-state index < -0.39 is 0 Å². The normalized spacial score (nSPS) is 31.7. The highest BCUT2D eigenvalue weighted by Crippen LogP contribution is 2.36. The van der Waals surface area contributed by atoms with Gasteiger partial charge in [-0.25, -0.2) is 0 Å². The minimum Gasteiger partial charge on any atom is -0.329 e. The second-order valence-corrected chi connectivity index (χ2v) is 5.94. The van der Waals surface area contributed by atoms with Gasteiger partial charge < -0.3 is 5.73 Å². The molecule has 14 heavy (non-hydrogen) atoms. The van der Waals surface area contributed by atoms with Crippen LogP contribution in [0, 0.1) is 5.92 Å². The van der Waals surface area contributed by atoms with E-state index in [2.05, 4.69) is 23.6 Å². The number of thioether (sulfide) groups is 1. The molecule has 0 amide bonds. The predicted octanol–water partition coefficient (Wildman–Crippen LogP) is 1.55. The van der Waals surface area contributed by atoms with Gasteiger partial charge >= 0.3 is 0 Å². The van der Waals surface area contributed by atoms with Crippen molar-refractivity contribution in [3.8, 4) is 0 Å². The number of nitrogens with two attached hydrogens (primary N) is 1. The zero-order valence-electron chi connectivity index (χ0n) is 9.11. The summed E-state index contributed by atoms with van der Waals surface area (Å²) < 4.78 is 0. The molecule has 82 valence electrons. The molecule has 1 aliphatic carbocycles. The Balaban J connectivity index is 1.87. The molecule has 2 atom stereocenters. The van der Waals surface area contributed by atoms with E-state index in [0.717, 1.165) is 17.7 Å². The van der Waals surface area contributed by atoms with E-state index in [1.807, 2.05) is 0 Å². The molecule has 2 rings (SSSR count). The fourth-order valence-corrected chi connectivity index (χ4v) is 3.62. The van der Waals surface area contributed by atoms with E-state index in [4.69, 9.17) is 5.73 Å². The van der Waals surface area contributed by atoms with Gasteiger partial charge in [-0.1, -0.05) is 6.92 Å². The van der Waals surface area contributed by atoms with E-state index >= 15 is 0 Å². The Morgan fingerprint density at radius 1 is 1.50 bits per heavy atom. The summed E-state index contributed by atoms with van der Waals surface area (Å²) in [6.45, 7) is 5.71. The molecule has 2 nitrogen and oxygen atoms in total. The standard InChI is InChI=1S/C11H22N2S/c1-2-10-8-13(5-6-14-10)11(7-12)9-3-4-9/h9-11H,2-8,12H2,1H3. The van der Waals surface area contributed by atoms with Gasteiger partial charge in [0.15, 0.2) is 0 Å². The maximum absolute atomic E-state index is 5.88. The number of rotatable bonds is 4. The Morgan fingerprint density at radius 2 is 2.29 bits per heavy atom. The highest BCUT2D eigenvalue weighted by Gasteiger charge is 2.35. The maximum atomic E-state index is 5.88. The molecule has 1 aliphatic heterocycles. The first-order chi connectivity index (χ1) is 6.85. The molecule has 0 aromatic rings. The Kier molecular flexibility index (Phi) is 3.74. The van der Waals surface area contributed by atoms with Crippen LogP contribution in [0.2, 0.25) is 0 Å². The van der Waals surface area contributed by atoms with Crippen molar-refractivity contribution in [3.05, 3.63) is 0 Å². The van der Waals surface area contributed by atoms with Crippen molar-refractivity contribution in [1.82, 2.24) is 4.90 Å². The average molecular weight is 214 g/mol. The summed E-state index contributed by atoms with van der Waals surface area (Å²) in [5.74, 6) is 2.24. The molecule has 2 unspecified atom stereocenters. The summed E-state index contributed by atoms with van der Waals surface area (Å²) in [5.41, 5.74) is 5.88. The third kappa shape index (κ3) is 2.44. The van der Waals surface area contributed by atoms with Crippen LogP contribution in [0.3, 0.4) is 0 Å². The van der Waals surface area contributed by atoms with Gasteiger partial charge in [-0.15, -0.1) is 0 Å². The summed E-state index contributed by atoms with van der Waals surface area (Å²) in [6.07, 6.45) is 4.15. The minimum absolute atomic E-state index is 0.699. The van der Waals surface area contributed by atoms with E-state index in [9.17, 15) is 0 Å². The van der Waals surface area contributed by atoms with Crippen molar-refractivity contribution in [2.45, 2.75) is 37.5 Å². The Bertz CT molecular complexity index is 182. The van der Waals surface area contributed by atoms with Gasteiger partial charge in [-0.2, -0.15) is 11.8 Å². The highest BCUT2D eigenvalue weighted by atomic mass is 32.2. The second-order valence-electron chi connectivity index (χ2n) is 4.54. The quantitative estimate of drug-likeness (QED) is 0.770.